The molecule has 0 saturated heterocycles. The summed E-state index contributed by atoms with van der Waals surface area (Å²) in [5.74, 6) is 1.70. The van der Waals surface area contributed by atoms with Crippen molar-refractivity contribution in [3.05, 3.63) is 47.0 Å². The number of hydrogen-bond acceptors (Lipinski definition) is 4. The molecular formula is C18H16ClNO4. The Morgan fingerprint density at radius 1 is 1.08 bits per heavy atom. The number of benzene rings is 2. The molecule has 2 aliphatic heterocycles. The van der Waals surface area contributed by atoms with Crippen molar-refractivity contribution in [2.45, 2.75) is 18.9 Å². The third-order valence-electron chi connectivity index (χ3n) is 4.03. The molecule has 1 amide bonds. The van der Waals surface area contributed by atoms with Crippen molar-refractivity contribution in [2.75, 3.05) is 18.5 Å². The highest BCUT2D eigenvalue weighted by Gasteiger charge is 2.29. The molecule has 2 aromatic rings. The van der Waals surface area contributed by atoms with Crippen LogP contribution in [0.4, 0.5) is 5.69 Å². The van der Waals surface area contributed by atoms with Gasteiger partial charge in [0.05, 0.1) is 23.9 Å². The minimum absolute atomic E-state index is 0.234. The average molecular weight is 346 g/mol. The summed E-state index contributed by atoms with van der Waals surface area (Å²) in [6, 6.07) is 11.0. The van der Waals surface area contributed by atoms with E-state index in [1.807, 2.05) is 24.3 Å². The molecular weight excluding hydrogens is 330 g/mol. The van der Waals surface area contributed by atoms with E-state index in [1.54, 1.807) is 12.1 Å². The minimum atomic E-state index is -0.561. The van der Waals surface area contributed by atoms with E-state index in [1.165, 1.54) is 0 Å². The highest BCUT2D eigenvalue weighted by Crippen LogP contribution is 2.38. The van der Waals surface area contributed by atoms with E-state index < -0.39 is 6.10 Å². The number of anilines is 1. The third kappa shape index (κ3) is 2.87. The number of carbonyl (C=O) groups excluding carboxylic acids is 1. The molecule has 1 N–H and O–H groups in total. The van der Waals surface area contributed by atoms with Crippen molar-refractivity contribution < 1.29 is 19.0 Å². The Kier molecular flexibility index (Phi) is 3.94. The van der Waals surface area contributed by atoms with Crippen LogP contribution < -0.4 is 19.5 Å². The molecule has 2 aromatic carbocycles. The average Bonchev–Trinajstić information content (AvgIpc) is 2.89. The van der Waals surface area contributed by atoms with Gasteiger partial charge in [0, 0.05) is 25.0 Å². The van der Waals surface area contributed by atoms with Gasteiger partial charge in [0.25, 0.3) is 5.91 Å². The highest BCUT2D eigenvalue weighted by molar-refractivity contribution is 6.34. The molecule has 0 spiro atoms. The molecule has 0 saturated carbocycles. The Hall–Kier alpha value is -2.40. The fourth-order valence-corrected chi connectivity index (χ4v) is 3.02. The first-order chi connectivity index (χ1) is 11.7. The van der Waals surface area contributed by atoms with Gasteiger partial charge in [-0.05, 0) is 11.6 Å². The number of ether oxygens (including phenoxy) is 3. The van der Waals surface area contributed by atoms with E-state index in [0.717, 1.165) is 17.7 Å². The van der Waals surface area contributed by atoms with Crippen molar-refractivity contribution in [3.63, 3.8) is 0 Å². The molecule has 2 heterocycles. The number of para-hydroxylation sites is 1. The highest BCUT2D eigenvalue weighted by atomic mass is 35.5. The van der Waals surface area contributed by atoms with E-state index in [-0.39, 0.29) is 5.91 Å². The first-order valence-electron chi connectivity index (χ1n) is 7.85. The lowest BCUT2D eigenvalue weighted by Gasteiger charge is -2.15. The van der Waals surface area contributed by atoms with Gasteiger partial charge in [-0.15, -0.1) is 0 Å². The zero-order chi connectivity index (χ0) is 16.5. The van der Waals surface area contributed by atoms with Crippen LogP contribution in [-0.2, 0) is 11.2 Å². The summed E-state index contributed by atoms with van der Waals surface area (Å²) in [6.07, 6.45) is 0.793. The summed E-state index contributed by atoms with van der Waals surface area (Å²) in [4.78, 5) is 12.5. The number of hydrogen-bond donors (Lipinski definition) is 1. The number of fused-ring (bicyclic) bond motifs is 2. The molecule has 124 valence electrons. The molecule has 0 aliphatic carbocycles. The Labute approximate surface area is 144 Å². The molecule has 1 unspecified atom stereocenters. The molecule has 0 fully saturated rings. The molecule has 0 bridgehead atoms. The molecule has 24 heavy (non-hydrogen) atoms. The summed E-state index contributed by atoms with van der Waals surface area (Å²) in [7, 11) is 0. The van der Waals surface area contributed by atoms with Gasteiger partial charge in [-0.2, -0.15) is 0 Å². The van der Waals surface area contributed by atoms with Crippen LogP contribution in [0.1, 0.15) is 12.0 Å². The molecule has 5 nitrogen and oxygen atoms in total. The van der Waals surface area contributed by atoms with Crippen LogP contribution in [0.15, 0.2) is 36.4 Å². The van der Waals surface area contributed by atoms with Gasteiger partial charge < -0.3 is 19.5 Å². The minimum Gasteiger partial charge on any atom is -0.490 e. The van der Waals surface area contributed by atoms with Crippen LogP contribution in [0.2, 0.25) is 5.02 Å². The van der Waals surface area contributed by atoms with E-state index in [9.17, 15) is 4.79 Å². The van der Waals surface area contributed by atoms with Crippen LogP contribution in [0.3, 0.4) is 0 Å². The lowest BCUT2D eigenvalue weighted by Crippen LogP contribution is -2.31. The van der Waals surface area contributed by atoms with Crippen LogP contribution in [0, 0.1) is 0 Å². The van der Waals surface area contributed by atoms with Crippen molar-refractivity contribution in [2.24, 2.45) is 0 Å². The summed E-state index contributed by atoms with van der Waals surface area (Å²) in [5.41, 5.74) is 1.52. The molecule has 0 radical (unpaired) electrons. The number of carbonyl (C=O) groups is 1. The summed E-state index contributed by atoms with van der Waals surface area (Å²) < 4.78 is 16.9. The van der Waals surface area contributed by atoms with Crippen LogP contribution in [-0.4, -0.2) is 25.2 Å². The first kappa shape index (κ1) is 15.1. The van der Waals surface area contributed by atoms with E-state index >= 15 is 0 Å². The van der Waals surface area contributed by atoms with Gasteiger partial charge in [0.1, 0.15) is 5.75 Å². The Balaban J connectivity index is 1.51. The van der Waals surface area contributed by atoms with E-state index in [2.05, 4.69) is 5.32 Å². The summed E-state index contributed by atoms with van der Waals surface area (Å²) >= 11 is 6.26. The van der Waals surface area contributed by atoms with Crippen LogP contribution >= 0.6 is 11.6 Å². The Morgan fingerprint density at radius 3 is 2.62 bits per heavy atom. The normalized spacial score (nSPS) is 18.3. The second-order valence-corrected chi connectivity index (χ2v) is 6.14. The smallest absolute Gasteiger partial charge is 0.265 e. The number of nitrogens with one attached hydrogen (secondary N) is 1. The first-order valence-corrected chi connectivity index (χ1v) is 8.23. The molecule has 2 aliphatic rings. The predicted molar refractivity (Wildman–Crippen MR) is 90.3 cm³/mol. The fraction of sp³-hybridized carbons (Fsp3) is 0.278. The van der Waals surface area contributed by atoms with Crippen molar-refractivity contribution in [1.82, 2.24) is 0 Å². The number of rotatable bonds is 2. The van der Waals surface area contributed by atoms with Gasteiger partial charge in [-0.1, -0.05) is 29.8 Å². The Bertz CT molecular complexity index is 768. The molecule has 4 rings (SSSR count). The van der Waals surface area contributed by atoms with Crippen molar-refractivity contribution in [1.29, 1.82) is 0 Å². The fourth-order valence-electron chi connectivity index (χ4n) is 2.82. The van der Waals surface area contributed by atoms with E-state index in [0.29, 0.717) is 41.8 Å². The molecule has 0 aromatic heterocycles. The molecule has 1 atom stereocenters. The maximum absolute atomic E-state index is 12.5. The quantitative estimate of drug-likeness (QED) is 0.905. The lowest BCUT2D eigenvalue weighted by molar-refractivity contribution is -0.122. The summed E-state index contributed by atoms with van der Waals surface area (Å²) in [5, 5.41) is 3.23. The largest absolute Gasteiger partial charge is 0.490 e. The van der Waals surface area contributed by atoms with Gasteiger partial charge in [0.15, 0.2) is 17.6 Å². The SMILES string of the molecule is O=C(Nc1cc2c(cc1Cl)OCCCO2)C1Cc2ccccc2O1. The van der Waals surface area contributed by atoms with Gasteiger partial charge in [-0.25, -0.2) is 0 Å². The van der Waals surface area contributed by atoms with Crippen LogP contribution in [0.5, 0.6) is 17.2 Å². The van der Waals surface area contributed by atoms with Gasteiger partial charge in [-0.3, -0.25) is 4.79 Å². The third-order valence-corrected chi connectivity index (χ3v) is 4.35. The monoisotopic (exact) mass is 345 g/mol. The maximum atomic E-state index is 12.5. The zero-order valence-electron chi connectivity index (χ0n) is 12.9. The second kappa shape index (κ2) is 6.24. The van der Waals surface area contributed by atoms with Gasteiger partial charge in [0.2, 0.25) is 0 Å². The van der Waals surface area contributed by atoms with Gasteiger partial charge >= 0.3 is 0 Å². The number of amides is 1. The molecule has 6 heteroatoms. The number of halogens is 1. The summed E-state index contributed by atoms with van der Waals surface area (Å²) in [6.45, 7) is 1.16. The van der Waals surface area contributed by atoms with Crippen molar-refractivity contribution in [3.8, 4) is 17.2 Å². The van der Waals surface area contributed by atoms with Crippen LogP contribution in [0.25, 0.3) is 0 Å². The Morgan fingerprint density at radius 2 is 1.83 bits per heavy atom. The zero-order valence-corrected chi connectivity index (χ0v) is 13.6. The van der Waals surface area contributed by atoms with E-state index in [4.69, 9.17) is 25.8 Å². The second-order valence-electron chi connectivity index (χ2n) is 5.74. The maximum Gasteiger partial charge on any atom is 0.265 e. The predicted octanol–water partition coefficient (Wildman–Crippen LogP) is 3.44. The lowest BCUT2D eigenvalue weighted by atomic mass is 10.1. The van der Waals surface area contributed by atoms with Crippen molar-refractivity contribution >= 4 is 23.2 Å². The topological polar surface area (TPSA) is 56.8 Å². The standard InChI is InChI=1S/C18H16ClNO4/c19-12-9-15-16(23-7-3-6-22-15)10-13(12)20-18(21)17-8-11-4-1-2-5-14(11)24-17/h1-2,4-5,9-10,17H,3,6-8H2,(H,20,21).